The van der Waals surface area contributed by atoms with Gasteiger partial charge in [0.05, 0.1) is 10.9 Å². The van der Waals surface area contributed by atoms with Gasteiger partial charge in [-0.3, -0.25) is 9.59 Å². The summed E-state index contributed by atoms with van der Waals surface area (Å²) in [4.78, 5) is 23.4. The van der Waals surface area contributed by atoms with Gasteiger partial charge in [-0.2, -0.15) is 0 Å². The van der Waals surface area contributed by atoms with Gasteiger partial charge in [-0.1, -0.05) is 19.1 Å². The van der Waals surface area contributed by atoms with Crippen molar-refractivity contribution >= 4 is 29.0 Å². The highest BCUT2D eigenvalue weighted by atomic mass is 32.1. The highest BCUT2D eigenvalue weighted by molar-refractivity contribution is 7.80. The zero-order valence-corrected chi connectivity index (χ0v) is 12.3. The lowest BCUT2D eigenvalue weighted by atomic mass is 10.1. The highest BCUT2D eigenvalue weighted by Gasteiger charge is 2.19. The molecule has 0 aliphatic heterocycles. The molecule has 18 heavy (non-hydrogen) atoms. The van der Waals surface area contributed by atoms with Crippen LogP contribution >= 0.6 is 12.2 Å². The van der Waals surface area contributed by atoms with Crippen LogP contribution in [-0.2, 0) is 9.59 Å². The van der Waals surface area contributed by atoms with Gasteiger partial charge in [-0.05, 0) is 27.2 Å². The van der Waals surface area contributed by atoms with Gasteiger partial charge in [0.1, 0.15) is 0 Å². The van der Waals surface area contributed by atoms with Gasteiger partial charge in [0.25, 0.3) is 0 Å². The first kappa shape index (κ1) is 16.8. The lowest BCUT2D eigenvalue weighted by molar-refractivity contribution is -0.124. The third-order valence-corrected chi connectivity index (χ3v) is 2.52. The predicted octanol–water partition coefficient (Wildman–Crippen LogP) is 0.720. The van der Waals surface area contributed by atoms with Crippen LogP contribution in [0.3, 0.4) is 0 Å². The third-order valence-electron chi connectivity index (χ3n) is 2.23. The van der Waals surface area contributed by atoms with E-state index in [0.29, 0.717) is 13.0 Å². The molecule has 0 heterocycles. The molecule has 0 saturated heterocycles. The number of nitrogens with one attached hydrogen (secondary N) is 2. The molecule has 6 heteroatoms. The van der Waals surface area contributed by atoms with E-state index < -0.39 is 5.92 Å². The minimum Gasteiger partial charge on any atom is -0.393 e. The van der Waals surface area contributed by atoms with E-state index in [0.717, 1.165) is 0 Å². The quantitative estimate of drug-likeness (QED) is 0.623. The van der Waals surface area contributed by atoms with E-state index in [4.69, 9.17) is 18.0 Å². The molecule has 5 nitrogen and oxygen atoms in total. The zero-order chi connectivity index (χ0) is 14.3. The van der Waals surface area contributed by atoms with Gasteiger partial charge < -0.3 is 16.4 Å². The first-order chi connectivity index (χ1) is 8.17. The number of carbonyl (C=O) groups excluding carboxylic acids is 2. The highest BCUT2D eigenvalue weighted by Crippen LogP contribution is 2.03. The van der Waals surface area contributed by atoms with Crippen molar-refractivity contribution in [1.29, 1.82) is 0 Å². The molecule has 0 aromatic heterocycles. The van der Waals surface area contributed by atoms with Crippen molar-refractivity contribution in [2.45, 2.75) is 46.1 Å². The number of amides is 2. The lowest BCUT2D eigenvalue weighted by Crippen LogP contribution is -2.43. The summed E-state index contributed by atoms with van der Waals surface area (Å²) in [5.41, 5.74) is 5.20. The maximum Gasteiger partial charge on any atom is 0.229 e. The number of thiocarbonyl (C=S) groups is 1. The third kappa shape index (κ3) is 7.21. The standard InChI is InChI=1S/C12H23N3O2S/c1-5-8(10(13)18)11(17)14-7-6-9(16)15-12(2,3)4/h8H,5-7H2,1-4H3,(H2,13,18)(H,14,17)(H,15,16). The van der Waals surface area contributed by atoms with E-state index >= 15 is 0 Å². The van der Waals surface area contributed by atoms with Crippen molar-refractivity contribution in [2.24, 2.45) is 11.7 Å². The van der Waals surface area contributed by atoms with Crippen molar-refractivity contribution < 1.29 is 9.59 Å². The van der Waals surface area contributed by atoms with Crippen molar-refractivity contribution in [3.63, 3.8) is 0 Å². The normalized spacial score (nSPS) is 12.7. The van der Waals surface area contributed by atoms with Gasteiger partial charge in [-0.25, -0.2) is 0 Å². The van der Waals surface area contributed by atoms with Crippen molar-refractivity contribution in [2.75, 3.05) is 6.54 Å². The van der Waals surface area contributed by atoms with Crippen molar-refractivity contribution in [1.82, 2.24) is 10.6 Å². The number of carbonyl (C=O) groups is 2. The minimum atomic E-state index is -0.453. The van der Waals surface area contributed by atoms with Gasteiger partial charge >= 0.3 is 0 Å². The van der Waals surface area contributed by atoms with Crippen LogP contribution in [0.2, 0.25) is 0 Å². The molecule has 1 atom stereocenters. The summed E-state index contributed by atoms with van der Waals surface area (Å²) in [6, 6.07) is 0. The van der Waals surface area contributed by atoms with E-state index in [2.05, 4.69) is 10.6 Å². The molecule has 104 valence electrons. The van der Waals surface area contributed by atoms with Gasteiger partial charge in [0, 0.05) is 18.5 Å². The molecule has 2 amide bonds. The maximum absolute atomic E-state index is 11.7. The molecule has 0 bridgehead atoms. The topological polar surface area (TPSA) is 84.2 Å². The molecule has 0 aliphatic rings. The molecule has 0 spiro atoms. The minimum absolute atomic E-state index is 0.0915. The molecule has 0 fully saturated rings. The molecule has 0 radical (unpaired) electrons. The second-order valence-electron chi connectivity index (χ2n) is 5.20. The number of rotatable bonds is 6. The molecule has 0 rings (SSSR count). The van der Waals surface area contributed by atoms with E-state index in [1.165, 1.54) is 0 Å². The number of hydrogen-bond acceptors (Lipinski definition) is 3. The van der Waals surface area contributed by atoms with Gasteiger partial charge in [0.15, 0.2) is 0 Å². The summed E-state index contributed by atoms with van der Waals surface area (Å²) in [5.74, 6) is -0.759. The molecule has 4 N–H and O–H groups in total. The van der Waals surface area contributed by atoms with E-state index in [-0.39, 0.29) is 28.8 Å². The Morgan fingerprint density at radius 3 is 2.28 bits per heavy atom. The Hall–Kier alpha value is -1.17. The number of hydrogen-bond donors (Lipinski definition) is 3. The zero-order valence-electron chi connectivity index (χ0n) is 11.5. The van der Waals surface area contributed by atoms with Gasteiger partial charge in [-0.15, -0.1) is 0 Å². The Labute approximate surface area is 114 Å². The fraction of sp³-hybridized carbons (Fsp3) is 0.750. The predicted molar refractivity (Wildman–Crippen MR) is 76.1 cm³/mol. The molecule has 1 unspecified atom stereocenters. The first-order valence-electron chi connectivity index (χ1n) is 6.05. The maximum atomic E-state index is 11.7. The van der Waals surface area contributed by atoms with Crippen LogP contribution in [0.1, 0.15) is 40.5 Å². The van der Waals surface area contributed by atoms with Crippen LogP contribution in [-0.4, -0.2) is 28.9 Å². The summed E-state index contributed by atoms with van der Waals surface area (Å²) >= 11 is 4.80. The van der Waals surface area contributed by atoms with Crippen LogP contribution in [0.15, 0.2) is 0 Å². The molecule has 0 aromatic rings. The van der Waals surface area contributed by atoms with Crippen LogP contribution in [0, 0.1) is 5.92 Å². The van der Waals surface area contributed by atoms with E-state index in [1.54, 1.807) is 0 Å². The smallest absolute Gasteiger partial charge is 0.229 e. The molecular weight excluding hydrogens is 250 g/mol. The summed E-state index contributed by atoms with van der Waals surface area (Å²) in [6.07, 6.45) is 0.812. The van der Waals surface area contributed by atoms with Crippen molar-refractivity contribution in [3.05, 3.63) is 0 Å². The average molecular weight is 273 g/mol. The monoisotopic (exact) mass is 273 g/mol. The van der Waals surface area contributed by atoms with E-state index in [9.17, 15) is 9.59 Å². The fourth-order valence-corrected chi connectivity index (χ4v) is 1.69. The van der Waals surface area contributed by atoms with Crippen LogP contribution in [0.25, 0.3) is 0 Å². The fourth-order valence-electron chi connectivity index (χ4n) is 1.42. The number of nitrogens with two attached hydrogens (primary N) is 1. The SMILES string of the molecule is CCC(C(=O)NCCC(=O)NC(C)(C)C)C(N)=S. The van der Waals surface area contributed by atoms with E-state index in [1.807, 2.05) is 27.7 Å². The Balaban J connectivity index is 4.01. The van der Waals surface area contributed by atoms with Crippen molar-refractivity contribution in [3.8, 4) is 0 Å². The summed E-state index contributed by atoms with van der Waals surface area (Å²) in [7, 11) is 0. The summed E-state index contributed by atoms with van der Waals surface area (Å²) in [5, 5.41) is 5.48. The Kier molecular flexibility index (Phi) is 6.83. The van der Waals surface area contributed by atoms with Gasteiger partial charge in [0.2, 0.25) is 11.8 Å². The second kappa shape index (κ2) is 7.31. The first-order valence-corrected chi connectivity index (χ1v) is 6.46. The van der Waals surface area contributed by atoms with Crippen LogP contribution < -0.4 is 16.4 Å². The largest absolute Gasteiger partial charge is 0.393 e. The van der Waals surface area contributed by atoms with Crippen LogP contribution in [0.4, 0.5) is 0 Å². The molecule has 0 saturated carbocycles. The second-order valence-corrected chi connectivity index (χ2v) is 5.67. The van der Waals surface area contributed by atoms with Crippen LogP contribution in [0.5, 0.6) is 0 Å². The Morgan fingerprint density at radius 1 is 1.33 bits per heavy atom. The average Bonchev–Trinajstić information content (AvgIpc) is 2.14. The lowest BCUT2D eigenvalue weighted by Gasteiger charge is -2.20. The molecular formula is C12H23N3O2S. The molecule has 0 aliphatic carbocycles. The Morgan fingerprint density at radius 2 is 1.89 bits per heavy atom. The Bertz CT molecular complexity index is 324. The summed E-state index contributed by atoms with van der Waals surface area (Å²) in [6.45, 7) is 7.85. The molecule has 0 aromatic carbocycles. The summed E-state index contributed by atoms with van der Waals surface area (Å²) < 4.78 is 0.